The maximum Gasteiger partial charge on any atom is 0.164 e. The smallest absolute Gasteiger partial charge is 0.164 e. The predicted molar refractivity (Wildman–Crippen MR) is 146 cm³/mol. The Hall–Kier alpha value is -4.43. The number of hydrogen-bond donors (Lipinski definition) is 1. The average Bonchev–Trinajstić information content (AvgIpc) is 3.35. The summed E-state index contributed by atoms with van der Waals surface area (Å²) in [4.78, 5) is 8.74. The number of aryl methyl sites for hydroxylation is 1. The molecule has 1 fully saturated rings. The van der Waals surface area contributed by atoms with Crippen molar-refractivity contribution in [3.8, 4) is 28.5 Å². The van der Waals surface area contributed by atoms with Crippen LogP contribution in [-0.2, 0) is 11.3 Å². The molecule has 0 saturated carbocycles. The molecule has 192 valence electrons. The molecule has 0 unspecified atom stereocenters. The number of rotatable bonds is 7. The van der Waals surface area contributed by atoms with Gasteiger partial charge in [0.2, 0.25) is 0 Å². The summed E-state index contributed by atoms with van der Waals surface area (Å²) in [5.74, 6) is 2.59. The zero-order valence-corrected chi connectivity index (χ0v) is 21.2. The highest BCUT2D eigenvalue weighted by Crippen LogP contribution is 2.35. The third-order valence-corrected chi connectivity index (χ3v) is 6.88. The van der Waals surface area contributed by atoms with Gasteiger partial charge in [-0.2, -0.15) is 5.10 Å². The van der Waals surface area contributed by atoms with Crippen molar-refractivity contribution in [1.29, 1.82) is 0 Å². The fourth-order valence-electron chi connectivity index (χ4n) is 4.76. The summed E-state index contributed by atoms with van der Waals surface area (Å²) in [5, 5.41) is 5.71. The molecule has 1 saturated heterocycles. The van der Waals surface area contributed by atoms with Gasteiger partial charge < -0.3 is 19.9 Å². The lowest BCUT2D eigenvalue weighted by atomic mass is 10.1. The second-order valence-corrected chi connectivity index (χ2v) is 9.41. The van der Waals surface area contributed by atoms with E-state index in [1.165, 1.54) is 11.9 Å². The maximum atomic E-state index is 6.29. The van der Waals surface area contributed by atoms with Gasteiger partial charge in [-0.1, -0.05) is 30.3 Å². The number of nitrogen functional groups attached to an aromatic ring is 1. The molecule has 5 aromatic rings. The lowest BCUT2D eigenvalue weighted by Crippen LogP contribution is -2.20. The van der Waals surface area contributed by atoms with Crippen LogP contribution in [0.15, 0.2) is 79.1 Å². The summed E-state index contributed by atoms with van der Waals surface area (Å²) in [6.07, 6.45) is 3.27. The fourth-order valence-corrected chi connectivity index (χ4v) is 4.76. The Bertz CT molecular complexity index is 1560. The molecule has 3 heterocycles. The van der Waals surface area contributed by atoms with E-state index < -0.39 is 0 Å². The fraction of sp³-hybridized carbons (Fsp3) is 0.233. The SMILES string of the molecule is Cc1ccccc1COc1cccc(Oc2ccc(-c3nn(C4CCOCC4)c4ncnc(N)c34)cc2)c1. The van der Waals surface area contributed by atoms with Crippen molar-refractivity contribution in [2.45, 2.75) is 32.4 Å². The van der Waals surface area contributed by atoms with Gasteiger partial charge in [0.25, 0.3) is 0 Å². The Labute approximate surface area is 221 Å². The lowest BCUT2D eigenvalue weighted by molar-refractivity contribution is 0.0674. The van der Waals surface area contributed by atoms with E-state index in [0.717, 1.165) is 46.4 Å². The van der Waals surface area contributed by atoms with E-state index in [1.54, 1.807) is 0 Å². The lowest BCUT2D eigenvalue weighted by Gasteiger charge is -2.22. The van der Waals surface area contributed by atoms with Crippen LogP contribution in [-0.4, -0.2) is 33.0 Å². The molecule has 2 aromatic heterocycles. The zero-order chi connectivity index (χ0) is 25.9. The summed E-state index contributed by atoms with van der Waals surface area (Å²) >= 11 is 0. The molecular formula is C30H29N5O3. The van der Waals surface area contributed by atoms with Crippen molar-refractivity contribution in [2.75, 3.05) is 18.9 Å². The van der Waals surface area contributed by atoms with Crippen LogP contribution in [0, 0.1) is 6.92 Å². The van der Waals surface area contributed by atoms with Crippen LogP contribution in [0.5, 0.6) is 17.2 Å². The summed E-state index contributed by atoms with van der Waals surface area (Å²) in [6, 6.07) is 23.9. The Morgan fingerprint density at radius 1 is 0.921 bits per heavy atom. The Balaban J connectivity index is 1.21. The van der Waals surface area contributed by atoms with Crippen LogP contribution >= 0.6 is 0 Å². The first-order valence-electron chi connectivity index (χ1n) is 12.8. The van der Waals surface area contributed by atoms with E-state index in [0.29, 0.717) is 37.1 Å². The minimum Gasteiger partial charge on any atom is -0.489 e. The van der Waals surface area contributed by atoms with Crippen molar-refractivity contribution in [2.24, 2.45) is 0 Å². The van der Waals surface area contributed by atoms with E-state index in [2.05, 4.69) is 29.0 Å². The van der Waals surface area contributed by atoms with Gasteiger partial charge in [0.05, 0.1) is 11.4 Å². The summed E-state index contributed by atoms with van der Waals surface area (Å²) in [6.45, 7) is 4.02. The number of hydrogen-bond acceptors (Lipinski definition) is 7. The molecule has 1 aliphatic rings. The molecule has 0 radical (unpaired) electrons. The highest BCUT2D eigenvalue weighted by molar-refractivity contribution is 5.98. The first kappa shape index (κ1) is 23.9. The third-order valence-electron chi connectivity index (χ3n) is 6.88. The summed E-state index contributed by atoms with van der Waals surface area (Å²) in [5.41, 5.74) is 11.1. The molecule has 1 aliphatic heterocycles. The number of nitrogens with two attached hydrogens (primary N) is 1. The van der Waals surface area contributed by atoms with Crippen LogP contribution in [0.1, 0.15) is 30.0 Å². The average molecular weight is 508 g/mol. The van der Waals surface area contributed by atoms with Crippen LogP contribution in [0.25, 0.3) is 22.3 Å². The molecule has 2 N–H and O–H groups in total. The minimum absolute atomic E-state index is 0.220. The molecule has 0 amide bonds. The van der Waals surface area contributed by atoms with Gasteiger partial charge in [-0.3, -0.25) is 0 Å². The van der Waals surface area contributed by atoms with Gasteiger partial charge in [0, 0.05) is 24.8 Å². The Morgan fingerprint density at radius 2 is 1.71 bits per heavy atom. The van der Waals surface area contributed by atoms with Crippen molar-refractivity contribution < 1.29 is 14.2 Å². The molecule has 3 aromatic carbocycles. The van der Waals surface area contributed by atoms with E-state index in [-0.39, 0.29) is 6.04 Å². The van der Waals surface area contributed by atoms with Crippen molar-refractivity contribution in [1.82, 2.24) is 19.7 Å². The molecule has 38 heavy (non-hydrogen) atoms. The summed E-state index contributed by atoms with van der Waals surface area (Å²) < 4.78 is 19.7. The minimum atomic E-state index is 0.220. The first-order chi connectivity index (χ1) is 18.7. The topological polar surface area (TPSA) is 97.3 Å². The van der Waals surface area contributed by atoms with E-state index in [1.807, 2.05) is 65.3 Å². The number of benzene rings is 3. The second-order valence-electron chi connectivity index (χ2n) is 9.41. The van der Waals surface area contributed by atoms with Crippen LogP contribution in [0.3, 0.4) is 0 Å². The van der Waals surface area contributed by atoms with Gasteiger partial charge >= 0.3 is 0 Å². The van der Waals surface area contributed by atoms with Crippen LogP contribution < -0.4 is 15.2 Å². The normalized spacial score (nSPS) is 14.0. The summed E-state index contributed by atoms with van der Waals surface area (Å²) in [7, 11) is 0. The van der Waals surface area contributed by atoms with Crippen LogP contribution in [0.4, 0.5) is 5.82 Å². The number of ether oxygens (including phenoxy) is 3. The predicted octanol–water partition coefficient (Wildman–Crippen LogP) is 6.11. The standard InChI is InChI=1S/C30H29N5O3/c1-20-5-2-3-6-22(20)18-37-25-7-4-8-26(17-25)38-24-11-9-21(10-12-24)28-27-29(31)32-19-33-30(27)35(34-28)23-13-15-36-16-14-23/h2-12,17,19,23H,13-16,18H2,1H3,(H2,31,32,33). The molecule has 0 spiro atoms. The van der Waals surface area contributed by atoms with Gasteiger partial charge in [0.15, 0.2) is 5.65 Å². The zero-order valence-electron chi connectivity index (χ0n) is 21.2. The van der Waals surface area contributed by atoms with E-state index in [4.69, 9.17) is 25.0 Å². The monoisotopic (exact) mass is 507 g/mol. The van der Waals surface area contributed by atoms with Crippen molar-refractivity contribution >= 4 is 16.9 Å². The highest BCUT2D eigenvalue weighted by atomic mass is 16.5. The van der Waals surface area contributed by atoms with Crippen molar-refractivity contribution in [3.05, 3.63) is 90.3 Å². The first-order valence-corrected chi connectivity index (χ1v) is 12.8. The molecule has 0 atom stereocenters. The van der Waals surface area contributed by atoms with E-state index in [9.17, 15) is 0 Å². The molecular weight excluding hydrogens is 478 g/mol. The quantitative estimate of drug-likeness (QED) is 0.284. The third kappa shape index (κ3) is 4.90. The Kier molecular flexibility index (Phi) is 6.62. The molecule has 0 aliphatic carbocycles. The molecule has 6 rings (SSSR count). The van der Waals surface area contributed by atoms with Gasteiger partial charge in [0.1, 0.15) is 41.7 Å². The van der Waals surface area contributed by atoms with Crippen molar-refractivity contribution in [3.63, 3.8) is 0 Å². The number of nitrogens with zero attached hydrogens (tertiary/aromatic N) is 4. The van der Waals surface area contributed by atoms with Crippen LogP contribution in [0.2, 0.25) is 0 Å². The maximum absolute atomic E-state index is 6.29. The number of aromatic nitrogens is 4. The van der Waals surface area contributed by atoms with Gasteiger partial charge in [-0.25, -0.2) is 14.6 Å². The highest BCUT2D eigenvalue weighted by Gasteiger charge is 2.24. The van der Waals surface area contributed by atoms with Gasteiger partial charge in [-0.05, 0) is 67.3 Å². The Morgan fingerprint density at radius 3 is 2.53 bits per heavy atom. The largest absolute Gasteiger partial charge is 0.489 e. The molecule has 0 bridgehead atoms. The van der Waals surface area contributed by atoms with Gasteiger partial charge in [-0.15, -0.1) is 0 Å². The second kappa shape index (κ2) is 10.5. The van der Waals surface area contributed by atoms with E-state index >= 15 is 0 Å². The number of fused-ring (bicyclic) bond motifs is 1. The molecule has 8 nitrogen and oxygen atoms in total. The molecule has 8 heteroatoms. The number of anilines is 1.